The minimum atomic E-state index is -0.372. The highest BCUT2D eigenvalue weighted by molar-refractivity contribution is 14.1. The molecule has 0 unspecified atom stereocenters. The van der Waals surface area contributed by atoms with Gasteiger partial charge in [-0.05, 0) is 59.3 Å². The molecule has 0 aliphatic carbocycles. The number of amides is 4. The highest BCUT2D eigenvalue weighted by Crippen LogP contribution is 2.24. The number of hydrogen-bond donors (Lipinski definition) is 4. The molecule has 0 atom stereocenters. The zero-order valence-electron chi connectivity index (χ0n) is 13.5. The predicted molar refractivity (Wildman–Crippen MR) is 103 cm³/mol. The lowest BCUT2D eigenvalue weighted by atomic mass is 10.0. The zero-order chi connectivity index (χ0) is 19.2. The number of fused-ring (bicyclic) bond motifs is 2. The van der Waals surface area contributed by atoms with Gasteiger partial charge in [-0.1, -0.05) is 0 Å². The minimum absolute atomic E-state index is 0.344. The molecule has 2 aliphatic heterocycles. The van der Waals surface area contributed by atoms with Gasteiger partial charge in [0.25, 0.3) is 23.6 Å². The van der Waals surface area contributed by atoms with E-state index in [2.05, 4.69) is 10.6 Å². The second-order valence-corrected chi connectivity index (χ2v) is 6.90. The monoisotopic (exact) mass is 464 g/mol. The molecule has 4 rings (SSSR count). The summed E-state index contributed by atoms with van der Waals surface area (Å²) in [5.41, 5.74) is 14.6. The second-order valence-electron chi connectivity index (χ2n) is 5.74. The van der Waals surface area contributed by atoms with E-state index in [-0.39, 0.29) is 23.6 Å². The van der Waals surface area contributed by atoms with Crippen molar-refractivity contribution in [1.29, 1.82) is 0 Å². The fraction of sp³-hybridized carbons (Fsp3) is 0.0588. The van der Waals surface area contributed by atoms with Crippen LogP contribution in [0.25, 0.3) is 0 Å². The lowest BCUT2D eigenvalue weighted by molar-refractivity contribution is 0.0863. The van der Waals surface area contributed by atoms with Gasteiger partial charge in [0.05, 0.1) is 22.3 Å². The van der Waals surface area contributed by atoms with Crippen molar-refractivity contribution in [3.05, 3.63) is 55.7 Å². The first-order chi connectivity index (χ1) is 12.2. The molecule has 6 N–H and O–H groups in total. The lowest BCUT2D eigenvalue weighted by Gasteiger charge is -2.00. The van der Waals surface area contributed by atoms with Gasteiger partial charge in [-0.2, -0.15) is 0 Å². The Morgan fingerprint density at radius 3 is 1.58 bits per heavy atom. The van der Waals surface area contributed by atoms with E-state index in [1.54, 1.807) is 19.1 Å². The highest BCUT2D eigenvalue weighted by atomic mass is 127. The van der Waals surface area contributed by atoms with Crippen molar-refractivity contribution in [3.63, 3.8) is 0 Å². The summed E-state index contributed by atoms with van der Waals surface area (Å²) in [7, 11) is 0. The van der Waals surface area contributed by atoms with Crippen LogP contribution in [0.3, 0.4) is 0 Å². The Morgan fingerprint density at radius 2 is 1.08 bits per heavy atom. The summed E-state index contributed by atoms with van der Waals surface area (Å²) in [6.07, 6.45) is 0. The van der Waals surface area contributed by atoms with Gasteiger partial charge in [0, 0.05) is 14.9 Å². The third kappa shape index (κ3) is 3.01. The molecule has 9 heteroatoms. The van der Waals surface area contributed by atoms with Gasteiger partial charge in [-0.25, -0.2) is 0 Å². The van der Waals surface area contributed by atoms with Crippen molar-refractivity contribution in [2.45, 2.75) is 6.92 Å². The standard InChI is InChI=1S/C9H8N2O2.C8H5IN2O2/c1-4-2-5-6(3-7(4)10)9(13)11-8(5)12;9-5-1-3-4(2-6(5)10)8(13)11-7(3)12/h2-3H,10H2,1H3,(H,11,12,13);1-2H,10H2,(H,11,12,13). The molecule has 26 heavy (non-hydrogen) atoms. The normalized spacial score (nSPS) is 14.2. The Kier molecular flexibility index (Phi) is 4.40. The average molecular weight is 464 g/mol. The average Bonchev–Trinajstić information content (AvgIpc) is 2.99. The Labute approximate surface area is 161 Å². The van der Waals surface area contributed by atoms with Crippen LogP contribution in [0.2, 0.25) is 0 Å². The number of carbonyl (C=O) groups is 4. The zero-order valence-corrected chi connectivity index (χ0v) is 15.6. The largest absolute Gasteiger partial charge is 0.398 e. The van der Waals surface area contributed by atoms with Crippen LogP contribution in [-0.4, -0.2) is 23.6 Å². The summed E-state index contributed by atoms with van der Waals surface area (Å²) in [6, 6.07) is 6.30. The number of nitrogens with two attached hydrogens (primary N) is 2. The molecular weight excluding hydrogens is 451 g/mol. The second kappa shape index (κ2) is 6.41. The van der Waals surface area contributed by atoms with Crippen LogP contribution < -0.4 is 22.1 Å². The summed E-state index contributed by atoms with van der Waals surface area (Å²) in [5.74, 6) is -1.43. The van der Waals surface area contributed by atoms with Crippen LogP contribution in [0.4, 0.5) is 11.4 Å². The van der Waals surface area contributed by atoms with E-state index in [0.29, 0.717) is 33.6 Å². The van der Waals surface area contributed by atoms with E-state index in [9.17, 15) is 19.2 Å². The molecule has 0 saturated carbocycles. The minimum Gasteiger partial charge on any atom is -0.398 e. The Balaban J connectivity index is 0.000000151. The van der Waals surface area contributed by atoms with Crippen molar-refractivity contribution in [2.75, 3.05) is 11.5 Å². The van der Waals surface area contributed by atoms with Crippen molar-refractivity contribution < 1.29 is 19.2 Å². The Bertz CT molecular complexity index is 857. The van der Waals surface area contributed by atoms with Crippen LogP contribution in [0.15, 0.2) is 24.3 Å². The van der Waals surface area contributed by atoms with Crippen molar-refractivity contribution >= 4 is 57.6 Å². The van der Waals surface area contributed by atoms with Crippen LogP contribution >= 0.6 is 22.6 Å². The van der Waals surface area contributed by atoms with Crippen molar-refractivity contribution in [2.24, 2.45) is 0 Å². The fourth-order valence-electron chi connectivity index (χ4n) is 2.54. The number of aryl methyl sites for hydroxylation is 1. The maximum absolute atomic E-state index is 11.2. The van der Waals surface area contributed by atoms with Gasteiger partial charge in [0.2, 0.25) is 0 Å². The van der Waals surface area contributed by atoms with Gasteiger partial charge in [-0.3, -0.25) is 29.8 Å². The molecule has 2 aromatic rings. The first kappa shape index (κ1) is 17.9. The van der Waals surface area contributed by atoms with Crippen molar-refractivity contribution in [1.82, 2.24) is 10.6 Å². The van der Waals surface area contributed by atoms with E-state index in [1.165, 1.54) is 12.1 Å². The van der Waals surface area contributed by atoms with E-state index in [1.807, 2.05) is 22.6 Å². The number of nitrogen functional groups attached to an aromatic ring is 2. The van der Waals surface area contributed by atoms with E-state index >= 15 is 0 Å². The third-order valence-corrected chi connectivity index (χ3v) is 4.91. The van der Waals surface area contributed by atoms with E-state index in [0.717, 1.165) is 9.13 Å². The fourth-order valence-corrected chi connectivity index (χ4v) is 3.01. The first-order valence-corrected chi connectivity index (χ1v) is 8.47. The maximum atomic E-state index is 11.2. The van der Waals surface area contributed by atoms with Crippen LogP contribution in [-0.2, 0) is 0 Å². The number of rotatable bonds is 0. The summed E-state index contributed by atoms with van der Waals surface area (Å²) < 4.78 is 0.779. The number of carbonyl (C=O) groups excluding carboxylic acids is 4. The van der Waals surface area contributed by atoms with Gasteiger partial charge >= 0.3 is 0 Å². The number of hydrogen-bond acceptors (Lipinski definition) is 6. The molecule has 4 amide bonds. The summed E-state index contributed by atoms with van der Waals surface area (Å²) in [4.78, 5) is 44.6. The van der Waals surface area contributed by atoms with Gasteiger partial charge in [-0.15, -0.1) is 0 Å². The van der Waals surface area contributed by atoms with Crippen LogP contribution in [0.1, 0.15) is 47.0 Å². The SMILES string of the molecule is Cc1cc2c(cc1N)C(=O)NC2=O.Nc1cc2c(cc1I)C(=O)NC2=O. The molecule has 0 radical (unpaired) electrons. The summed E-state index contributed by atoms with van der Waals surface area (Å²) in [5, 5.41) is 4.40. The molecule has 2 aliphatic rings. The molecule has 0 bridgehead atoms. The van der Waals surface area contributed by atoms with E-state index < -0.39 is 0 Å². The Hall–Kier alpha value is -2.95. The van der Waals surface area contributed by atoms with Crippen molar-refractivity contribution in [3.8, 4) is 0 Å². The quantitative estimate of drug-likeness (QED) is 0.262. The molecule has 0 saturated heterocycles. The molecule has 0 fully saturated rings. The molecule has 132 valence electrons. The number of benzene rings is 2. The topological polar surface area (TPSA) is 144 Å². The van der Waals surface area contributed by atoms with E-state index in [4.69, 9.17) is 11.5 Å². The number of nitrogens with one attached hydrogen (secondary N) is 2. The predicted octanol–water partition coefficient (Wildman–Crippen LogP) is 1.22. The maximum Gasteiger partial charge on any atom is 0.259 e. The molecule has 0 spiro atoms. The van der Waals surface area contributed by atoms with Gasteiger partial charge in [0.1, 0.15) is 0 Å². The number of halogens is 1. The summed E-state index contributed by atoms with van der Waals surface area (Å²) in [6.45, 7) is 1.80. The number of anilines is 2. The molecule has 2 aromatic carbocycles. The third-order valence-electron chi connectivity index (χ3n) is 3.98. The first-order valence-electron chi connectivity index (χ1n) is 7.39. The molecular formula is C17H13IN4O4. The molecule has 8 nitrogen and oxygen atoms in total. The van der Waals surface area contributed by atoms with Gasteiger partial charge in [0.15, 0.2) is 0 Å². The number of imide groups is 2. The smallest absolute Gasteiger partial charge is 0.259 e. The van der Waals surface area contributed by atoms with Gasteiger partial charge < -0.3 is 11.5 Å². The molecule has 0 aromatic heterocycles. The highest BCUT2D eigenvalue weighted by Gasteiger charge is 2.28. The lowest BCUT2D eigenvalue weighted by Crippen LogP contribution is -2.19. The van der Waals surface area contributed by atoms with Crippen LogP contribution in [0, 0.1) is 10.5 Å². The summed E-state index contributed by atoms with van der Waals surface area (Å²) >= 11 is 2.02. The molecule has 2 heterocycles. The van der Waals surface area contributed by atoms with Crippen LogP contribution in [0.5, 0.6) is 0 Å². The Morgan fingerprint density at radius 1 is 0.692 bits per heavy atom.